The number of anilines is 4. The maximum atomic E-state index is 5.70. The van der Waals surface area contributed by atoms with E-state index in [4.69, 9.17) is 4.74 Å². The number of hydrogen-bond acceptors (Lipinski definition) is 3. The smallest absolute Gasteiger partial charge is 0.496 e. The molecule has 0 fully saturated rings. The van der Waals surface area contributed by atoms with E-state index >= 15 is 0 Å². The van der Waals surface area contributed by atoms with Gasteiger partial charge in [-0.2, -0.15) is 0 Å². The number of pyridine rings is 1. The fraction of sp³-hybridized carbons (Fsp3) is 0.148. The summed E-state index contributed by atoms with van der Waals surface area (Å²) in [4.78, 5) is 4.97. The summed E-state index contributed by atoms with van der Waals surface area (Å²) >= 11 is 0. The van der Waals surface area contributed by atoms with E-state index in [1.165, 1.54) is 39.3 Å². The first-order valence-corrected chi connectivity index (χ1v) is 11.0. The number of ether oxygens (including phenoxy) is 1. The van der Waals surface area contributed by atoms with E-state index in [0.717, 1.165) is 17.0 Å². The highest BCUT2D eigenvalue weighted by molar-refractivity contribution is 6.86. The molecule has 6 rings (SSSR count). The second-order valence-electron chi connectivity index (χ2n) is 8.66. The summed E-state index contributed by atoms with van der Waals surface area (Å²) in [5, 5.41) is 0. The molecule has 4 aromatic rings. The normalized spacial score (nSPS) is 13.4. The van der Waals surface area contributed by atoms with Crippen molar-refractivity contribution in [1.82, 2.24) is 0 Å². The third-order valence-corrected chi connectivity index (χ3v) is 6.73. The van der Waals surface area contributed by atoms with Crippen molar-refractivity contribution < 1.29 is 9.30 Å². The Morgan fingerprint density at radius 2 is 1.50 bits per heavy atom. The molecule has 0 saturated heterocycles. The molecule has 0 unspecified atom stereocenters. The molecule has 0 bridgehead atoms. The molecule has 0 spiro atoms. The largest absolute Gasteiger partial charge is 0.543 e. The highest BCUT2D eigenvalue weighted by Gasteiger charge is 2.56. The van der Waals surface area contributed by atoms with Crippen LogP contribution in [0.25, 0.3) is 11.1 Å². The van der Waals surface area contributed by atoms with E-state index in [9.17, 15) is 0 Å². The summed E-state index contributed by atoms with van der Waals surface area (Å²) in [6.45, 7) is 4.33. The lowest BCUT2D eigenvalue weighted by atomic mass is 9.59. The molecular formula is C27H25BN3O+. The van der Waals surface area contributed by atoms with Crippen LogP contribution in [0.3, 0.4) is 0 Å². The van der Waals surface area contributed by atoms with Crippen LogP contribution < -0.4 is 24.4 Å². The molecule has 0 radical (unpaired) electrons. The monoisotopic (exact) mass is 418 g/mol. The molecule has 3 heterocycles. The summed E-state index contributed by atoms with van der Waals surface area (Å²) < 4.78 is 7.95. The average molecular weight is 418 g/mol. The van der Waals surface area contributed by atoms with Crippen molar-refractivity contribution in [1.29, 1.82) is 0 Å². The van der Waals surface area contributed by atoms with Gasteiger partial charge in [-0.15, -0.1) is 0 Å². The number of hydrogen-bond donors (Lipinski definition) is 0. The van der Waals surface area contributed by atoms with E-state index in [2.05, 4.69) is 108 Å². The zero-order chi connectivity index (χ0) is 22.0. The molecule has 32 heavy (non-hydrogen) atoms. The number of aryl methyl sites for hydroxylation is 2. The number of fused-ring (bicyclic) bond motifs is 8. The standard InChI is InChI=1S/C27H25BN3O/c1-18-16-25-27(29(3)17-18)31(23-14-9-15-26(32-4)19(23)2)28-22-12-7-5-10-20(22)21-11-6-8-13-24(21)30(25)28/h5-17H,1-4H3/q+1. The summed E-state index contributed by atoms with van der Waals surface area (Å²) in [6.07, 6.45) is 2.21. The zero-order valence-corrected chi connectivity index (χ0v) is 18.8. The third-order valence-electron chi connectivity index (χ3n) is 6.73. The summed E-state index contributed by atoms with van der Waals surface area (Å²) in [6, 6.07) is 26.2. The fourth-order valence-corrected chi connectivity index (χ4v) is 5.45. The number of rotatable bonds is 2. The Balaban J connectivity index is 1.72. The van der Waals surface area contributed by atoms with Crippen molar-refractivity contribution in [2.24, 2.45) is 7.05 Å². The van der Waals surface area contributed by atoms with Crippen molar-refractivity contribution in [3.63, 3.8) is 0 Å². The minimum absolute atomic E-state index is 0.0231. The van der Waals surface area contributed by atoms with E-state index < -0.39 is 0 Å². The lowest BCUT2D eigenvalue weighted by Crippen LogP contribution is -2.56. The van der Waals surface area contributed by atoms with E-state index in [1.54, 1.807) is 7.11 Å². The Kier molecular flexibility index (Phi) is 4.09. The first-order chi connectivity index (χ1) is 15.6. The van der Waals surface area contributed by atoms with Crippen molar-refractivity contribution in [3.05, 3.63) is 90.1 Å². The molecule has 156 valence electrons. The molecule has 5 heteroatoms. The van der Waals surface area contributed by atoms with Crippen molar-refractivity contribution >= 4 is 35.3 Å². The van der Waals surface area contributed by atoms with Crippen LogP contribution >= 0.6 is 0 Å². The molecule has 0 aliphatic carbocycles. The van der Waals surface area contributed by atoms with Gasteiger partial charge in [-0.05, 0) is 49.2 Å². The van der Waals surface area contributed by atoms with Crippen LogP contribution in [-0.4, -0.2) is 14.1 Å². The predicted molar refractivity (Wildman–Crippen MR) is 132 cm³/mol. The van der Waals surface area contributed by atoms with Crippen LogP contribution in [0.1, 0.15) is 11.1 Å². The van der Waals surface area contributed by atoms with Gasteiger partial charge < -0.3 is 9.55 Å². The van der Waals surface area contributed by atoms with Gasteiger partial charge in [0.15, 0.2) is 0 Å². The quantitative estimate of drug-likeness (QED) is 0.344. The molecule has 0 N–H and O–H groups in total. The highest BCUT2D eigenvalue weighted by atomic mass is 16.5. The first-order valence-electron chi connectivity index (χ1n) is 11.0. The van der Waals surface area contributed by atoms with Gasteiger partial charge in [0.1, 0.15) is 17.1 Å². The van der Waals surface area contributed by atoms with Crippen LogP contribution in [0.4, 0.5) is 22.9 Å². The first kappa shape index (κ1) is 19.0. The topological polar surface area (TPSA) is 19.6 Å². The minimum atomic E-state index is 0.0231. The SMILES string of the molecule is COc1cccc(N2B3c4ccccc4-c4ccccc4N3c3cc(C)c[n+](C)c32)c1C. The van der Waals surface area contributed by atoms with E-state index in [1.807, 2.05) is 6.07 Å². The van der Waals surface area contributed by atoms with Gasteiger partial charge in [-0.3, -0.25) is 4.81 Å². The molecule has 2 aliphatic heterocycles. The summed E-state index contributed by atoms with van der Waals surface area (Å²) in [5.74, 6) is 2.09. The Bertz CT molecular complexity index is 1380. The average Bonchev–Trinajstić information content (AvgIpc) is 3.15. The second-order valence-corrected chi connectivity index (χ2v) is 8.66. The Hall–Kier alpha value is -3.73. The Labute approximate surface area is 189 Å². The number of nitrogens with zero attached hydrogens (tertiary/aromatic N) is 3. The lowest BCUT2D eigenvalue weighted by molar-refractivity contribution is -0.657. The molecule has 0 saturated carbocycles. The van der Waals surface area contributed by atoms with Gasteiger partial charge in [0, 0.05) is 22.3 Å². The maximum absolute atomic E-state index is 5.70. The number of benzene rings is 3. The molecule has 0 atom stereocenters. The zero-order valence-electron chi connectivity index (χ0n) is 18.8. The second kappa shape index (κ2) is 6.89. The maximum Gasteiger partial charge on any atom is 0.543 e. The van der Waals surface area contributed by atoms with E-state index in [-0.39, 0.29) is 6.98 Å². The molecule has 2 aliphatic rings. The van der Waals surface area contributed by atoms with Gasteiger partial charge in [-0.1, -0.05) is 48.5 Å². The fourth-order valence-electron chi connectivity index (χ4n) is 5.45. The number of methoxy groups -OCH3 is 1. The molecule has 4 nitrogen and oxygen atoms in total. The molecule has 3 aromatic carbocycles. The van der Waals surface area contributed by atoms with Crippen molar-refractivity contribution in [2.75, 3.05) is 16.7 Å². The molecule has 1 aromatic heterocycles. The molecule has 0 amide bonds. The summed E-state index contributed by atoms with van der Waals surface area (Å²) in [5.41, 5.74) is 9.88. The minimum Gasteiger partial charge on any atom is -0.496 e. The van der Waals surface area contributed by atoms with Gasteiger partial charge in [0.05, 0.1) is 20.4 Å². The Morgan fingerprint density at radius 1 is 0.781 bits per heavy atom. The lowest BCUT2D eigenvalue weighted by Gasteiger charge is -2.32. The number of para-hydroxylation sites is 1. The Morgan fingerprint density at radius 3 is 2.31 bits per heavy atom. The molecular weight excluding hydrogens is 393 g/mol. The van der Waals surface area contributed by atoms with Gasteiger partial charge in [-0.25, -0.2) is 4.57 Å². The van der Waals surface area contributed by atoms with Gasteiger partial charge >= 0.3 is 6.98 Å². The summed E-state index contributed by atoms with van der Waals surface area (Å²) in [7, 11) is 3.89. The van der Waals surface area contributed by atoms with Crippen LogP contribution in [0.15, 0.2) is 79.0 Å². The van der Waals surface area contributed by atoms with Crippen LogP contribution in [0.2, 0.25) is 0 Å². The van der Waals surface area contributed by atoms with E-state index in [0.29, 0.717) is 0 Å². The predicted octanol–water partition coefficient (Wildman–Crippen LogP) is 4.80. The van der Waals surface area contributed by atoms with Crippen molar-refractivity contribution in [3.8, 4) is 16.9 Å². The van der Waals surface area contributed by atoms with Crippen LogP contribution in [0, 0.1) is 13.8 Å². The number of aromatic nitrogens is 1. The van der Waals surface area contributed by atoms with Crippen LogP contribution in [-0.2, 0) is 7.05 Å². The van der Waals surface area contributed by atoms with Crippen molar-refractivity contribution in [2.45, 2.75) is 13.8 Å². The van der Waals surface area contributed by atoms with Gasteiger partial charge in [0.2, 0.25) is 0 Å². The van der Waals surface area contributed by atoms with Gasteiger partial charge in [0.25, 0.3) is 5.82 Å². The third kappa shape index (κ3) is 2.48. The highest BCUT2D eigenvalue weighted by Crippen LogP contribution is 2.50. The van der Waals surface area contributed by atoms with Crippen LogP contribution in [0.5, 0.6) is 5.75 Å².